The normalized spacial score (nSPS) is 10.2. The molecule has 0 unspecified atom stereocenters. The zero-order valence-corrected chi connectivity index (χ0v) is 12.2. The molecule has 0 saturated heterocycles. The summed E-state index contributed by atoms with van der Waals surface area (Å²) in [6.45, 7) is 3.94. The molecule has 1 aromatic rings. The van der Waals surface area contributed by atoms with Crippen molar-refractivity contribution in [3.05, 3.63) is 17.0 Å². The minimum atomic E-state index is 0.438. The van der Waals surface area contributed by atoms with Gasteiger partial charge in [-0.05, 0) is 6.42 Å². The highest BCUT2D eigenvalue weighted by molar-refractivity contribution is 6.29. The van der Waals surface area contributed by atoms with Crippen molar-refractivity contribution in [2.45, 2.75) is 26.2 Å². The maximum absolute atomic E-state index is 8.71. The summed E-state index contributed by atoms with van der Waals surface area (Å²) < 4.78 is 5.08. The SMILES string of the molecule is CCCc1nc(Cl)cc(N(CCC#N)CCOC)n1. The van der Waals surface area contributed by atoms with E-state index in [4.69, 9.17) is 21.6 Å². The summed E-state index contributed by atoms with van der Waals surface area (Å²) in [7, 11) is 1.65. The molecule has 1 heterocycles. The molecular formula is C13H19ClN4O. The second kappa shape index (κ2) is 8.68. The number of anilines is 1. The Hall–Kier alpha value is -1.38. The Balaban J connectivity index is 2.89. The first-order chi connectivity index (χ1) is 9.21. The molecular weight excluding hydrogens is 264 g/mol. The fourth-order valence-corrected chi connectivity index (χ4v) is 1.87. The van der Waals surface area contributed by atoms with Crippen molar-refractivity contribution < 1.29 is 4.74 Å². The van der Waals surface area contributed by atoms with Crippen LogP contribution in [0.2, 0.25) is 5.15 Å². The van der Waals surface area contributed by atoms with E-state index >= 15 is 0 Å². The number of nitrogens with zero attached hydrogens (tertiary/aromatic N) is 4. The molecule has 0 aliphatic carbocycles. The number of hydrogen-bond acceptors (Lipinski definition) is 5. The lowest BCUT2D eigenvalue weighted by atomic mass is 10.3. The van der Waals surface area contributed by atoms with Crippen LogP contribution in [-0.2, 0) is 11.2 Å². The van der Waals surface area contributed by atoms with E-state index in [0.29, 0.717) is 31.3 Å². The van der Waals surface area contributed by atoms with E-state index in [1.807, 2.05) is 4.90 Å². The first-order valence-corrected chi connectivity index (χ1v) is 6.73. The van der Waals surface area contributed by atoms with Gasteiger partial charge in [0.25, 0.3) is 0 Å². The van der Waals surface area contributed by atoms with Crippen LogP contribution in [0.1, 0.15) is 25.6 Å². The van der Waals surface area contributed by atoms with Crippen LogP contribution in [0, 0.1) is 11.3 Å². The van der Waals surface area contributed by atoms with Crippen molar-refractivity contribution in [3.63, 3.8) is 0 Å². The largest absolute Gasteiger partial charge is 0.383 e. The number of ether oxygens (including phenoxy) is 1. The highest BCUT2D eigenvalue weighted by Gasteiger charge is 2.10. The van der Waals surface area contributed by atoms with Crippen LogP contribution >= 0.6 is 11.6 Å². The zero-order chi connectivity index (χ0) is 14.1. The Morgan fingerprint density at radius 1 is 1.42 bits per heavy atom. The molecule has 0 amide bonds. The van der Waals surface area contributed by atoms with Gasteiger partial charge < -0.3 is 9.64 Å². The van der Waals surface area contributed by atoms with Crippen molar-refractivity contribution >= 4 is 17.4 Å². The van der Waals surface area contributed by atoms with E-state index in [1.54, 1.807) is 13.2 Å². The summed E-state index contributed by atoms with van der Waals surface area (Å²) in [5.41, 5.74) is 0. The number of methoxy groups -OCH3 is 1. The van der Waals surface area contributed by atoms with Crippen molar-refractivity contribution in [3.8, 4) is 6.07 Å². The molecule has 0 bridgehead atoms. The number of nitriles is 1. The Labute approximate surface area is 119 Å². The summed E-state index contributed by atoms with van der Waals surface area (Å²) in [5.74, 6) is 1.50. The minimum Gasteiger partial charge on any atom is -0.383 e. The second-order valence-corrected chi connectivity index (χ2v) is 4.49. The molecule has 1 rings (SSSR count). The molecule has 19 heavy (non-hydrogen) atoms. The molecule has 0 N–H and O–H groups in total. The summed E-state index contributed by atoms with van der Waals surface area (Å²) in [6, 6.07) is 3.87. The summed E-state index contributed by atoms with van der Waals surface area (Å²) in [6.07, 6.45) is 2.20. The number of aryl methyl sites for hydroxylation is 1. The Bertz CT molecular complexity index is 433. The summed E-state index contributed by atoms with van der Waals surface area (Å²) in [5, 5.41) is 9.15. The van der Waals surface area contributed by atoms with Gasteiger partial charge in [0.15, 0.2) is 0 Å². The van der Waals surface area contributed by atoms with Crippen molar-refractivity contribution in [2.24, 2.45) is 0 Å². The van der Waals surface area contributed by atoms with E-state index in [1.165, 1.54) is 0 Å². The monoisotopic (exact) mass is 282 g/mol. The number of rotatable bonds is 8. The Kier molecular flexibility index (Phi) is 7.16. The molecule has 0 fully saturated rings. The van der Waals surface area contributed by atoms with Crippen LogP contribution in [-0.4, -0.2) is 36.8 Å². The molecule has 0 spiro atoms. The summed E-state index contributed by atoms with van der Waals surface area (Å²) in [4.78, 5) is 10.7. The van der Waals surface area contributed by atoms with Gasteiger partial charge in [-0.2, -0.15) is 5.26 Å². The van der Waals surface area contributed by atoms with Gasteiger partial charge in [0.2, 0.25) is 0 Å². The summed E-state index contributed by atoms with van der Waals surface area (Å²) >= 11 is 6.02. The lowest BCUT2D eigenvalue weighted by Crippen LogP contribution is -2.29. The minimum absolute atomic E-state index is 0.438. The molecule has 0 aliphatic heterocycles. The predicted molar refractivity (Wildman–Crippen MR) is 75.4 cm³/mol. The van der Waals surface area contributed by atoms with Crippen molar-refractivity contribution in [1.29, 1.82) is 5.26 Å². The molecule has 0 saturated carbocycles. The molecule has 104 valence electrons. The van der Waals surface area contributed by atoms with Gasteiger partial charge >= 0.3 is 0 Å². The van der Waals surface area contributed by atoms with Crippen molar-refractivity contribution in [1.82, 2.24) is 9.97 Å². The molecule has 6 heteroatoms. The quantitative estimate of drug-likeness (QED) is 0.685. The number of hydrogen-bond donors (Lipinski definition) is 0. The third-order valence-corrected chi connectivity index (χ3v) is 2.78. The van der Waals surface area contributed by atoms with Gasteiger partial charge in [-0.15, -0.1) is 0 Å². The zero-order valence-electron chi connectivity index (χ0n) is 11.4. The molecule has 0 aliphatic rings. The maximum Gasteiger partial charge on any atom is 0.134 e. The van der Waals surface area contributed by atoms with Gasteiger partial charge in [-0.3, -0.25) is 0 Å². The third-order valence-electron chi connectivity index (χ3n) is 2.58. The van der Waals surface area contributed by atoms with Crippen LogP contribution < -0.4 is 4.90 Å². The fourth-order valence-electron chi connectivity index (χ4n) is 1.68. The van der Waals surface area contributed by atoms with Gasteiger partial charge in [0.1, 0.15) is 16.8 Å². The van der Waals surface area contributed by atoms with Gasteiger partial charge in [0.05, 0.1) is 19.1 Å². The van der Waals surface area contributed by atoms with Gasteiger partial charge in [0, 0.05) is 32.7 Å². The van der Waals surface area contributed by atoms with Crippen LogP contribution in [0.15, 0.2) is 6.07 Å². The fraction of sp³-hybridized carbons (Fsp3) is 0.615. The van der Waals surface area contributed by atoms with E-state index in [9.17, 15) is 0 Å². The lowest BCUT2D eigenvalue weighted by Gasteiger charge is -2.22. The van der Waals surface area contributed by atoms with E-state index in [2.05, 4.69) is 23.0 Å². The van der Waals surface area contributed by atoms with Crippen LogP contribution in [0.3, 0.4) is 0 Å². The van der Waals surface area contributed by atoms with Crippen LogP contribution in [0.25, 0.3) is 0 Å². The maximum atomic E-state index is 8.71. The first-order valence-electron chi connectivity index (χ1n) is 6.35. The van der Waals surface area contributed by atoms with E-state index in [-0.39, 0.29) is 0 Å². The average Bonchev–Trinajstić information content (AvgIpc) is 2.38. The Morgan fingerprint density at radius 3 is 2.84 bits per heavy atom. The van der Waals surface area contributed by atoms with Crippen LogP contribution in [0.5, 0.6) is 0 Å². The molecule has 0 atom stereocenters. The molecule has 0 aromatic carbocycles. The van der Waals surface area contributed by atoms with Gasteiger partial charge in [-0.25, -0.2) is 9.97 Å². The highest BCUT2D eigenvalue weighted by Crippen LogP contribution is 2.17. The van der Waals surface area contributed by atoms with E-state index in [0.717, 1.165) is 24.5 Å². The molecule has 5 nitrogen and oxygen atoms in total. The standard InChI is InChI=1S/C13H19ClN4O/c1-3-5-12-16-11(14)10-13(17-12)18(7-4-6-15)8-9-19-2/h10H,3-5,7-9H2,1-2H3. The first kappa shape index (κ1) is 15.7. The van der Waals surface area contributed by atoms with Crippen LogP contribution in [0.4, 0.5) is 5.82 Å². The average molecular weight is 283 g/mol. The third kappa shape index (κ3) is 5.41. The van der Waals surface area contributed by atoms with Crippen molar-refractivity contribution in [2.75, 3.05) is 31.7 Å². The van der Waals surface area contributed by atoms with Gasteiger partial charge in [-0.1, -0.05) is 18.5 Å². The smallest absolute Gasteiger partial charge is 0.134 e. The lowest BCUT2D eigenvalue weighted by molar-refractivity contribution is 0.205. The highest BCUT2D eigenvalue weighted by atomic mass is 35.5. The number of halogens is 1. The molecule has 0 radical (unpaired) electrons. The Morgan fingerprint density at radius 2 is 2.21 bits per heavy atom. The van der Waals surface area contributed by atoms with E-state index < -0.39 is 0 Å². The number of aromatic nitrogens is 2. The predicted octanol–water partition coefficient (Wildman–Crippen LogP) is 2.45. The molecule has 1 aromatic heterocycles. The topological polar surface area (TPSA) is 62.0 Å². The second-order valence-electron chi connectivity index (χ2n) is 4.10.